The van der Waals surface area contributed by atoms with Crippen LogP contribution in [0.5, 0.6) is 0 Å². The highest BCUT2D eigenvalue weighted by atomic mass is 15.2. The molecule has 21 heavy (non-hydrogen) atoms. The fourth-order valence-electron chi connectivity index (χ4n) is 2.35. The Labute approximate surface area is 122 Å². The van der Waals surface area contributed by atoms with E-state index in [2.05, 4.69) is 16.3 Å². The highest BCUT2D eigenvalue weighted by molar-refractivity contribution is 5.91. The SMILES string of the molecule is Cn1cnnc1-c1ccc(C#N)c(N)c1-c1ccccc1. The van der Waals surface area contributed by atoms with Gasteiger partial charge in [0.1, 0.15) is 12.4 Å². The van der Waals surface area contributed by atoms with Gasteiger partial charge in [0.25, 0.3) is 0 Å². The summed E-state index contributed by atoms with van der Waals surface area (Å²) in [5, 5.41) is 17.3. The number of nitriles is 1. The Bertz CT molecular complexity index is 828. The molecule has 2 aromatic carbocycles. The summed E-state index contributed by atoms with van der Waals surface area (Å²) in [6, 6.07) is 15.4. The smallest absolute Gasteiger partial charge is 0.164 e. The van der Waals surface area contributed by atoms with Crippen LogP contribution in [0.2, 0.25) is 0 Å². The number of hydrogen-bond acceptors (Lipinski definition) is 4. The molecule has 1 aromatic heterocycles. The van der Waals surface area contributed by atoms with Gasteiger partial charge in [-0.3, -0.25) is 0 Å². The van der Waals surface area contributed by atoms with Crippen LogP contribution in [-0.2, 0) is 7.05 Å². The third-order valence-corrected chi connectivity index (χ3v) is 3.38. The van der Waals surface area contributed by atoms with E-state index in [1.165, 1.54) is 0 Å². The van der Waals surface area contributed by atoms with Crippen molar-refractivity contribution in [1.29, 1.82) is 5.26 Å². The first kappa shape index (κ1) is 12.9. The van der Waals surface area contributed by atoms with Gasteiger partial charge in [0, 0.05) is 18.2 Å². The molecule has 0 amide bonds. The first-order chi connectivity index (χ1) is 10.2. The highest BCUT2D eigenvalue weighted by Gasteiger charge is 2.17. The van der Waals surface area contributed by atoms with E-state index in [1.54, 1.807) is 12.4 Å². The second-order valence-corrected chi connectivity index (χ2v) is 4.69. The zero-order valence-corrected chi connectivity index (χ0v) is 11.5. The lowest BCUT2D eigenvalue weighted by Gasteiger charge is -2.13. The molecular weight excluding hydrogens is 262 g/mol. The minimum absolute atomic E-state index is 0.458. The van der Waals surface area contributed by atoms with Crippen LogP contribution in [0.25, 0.3) is 22.5 Å². The van der Waals surface area contributed by atoms with Crippen molar-refractivity contribution in [3.63, 3.8) is 0 Å². The van der Waals surface area contributed by atoms with Gasteiger partial charge >= 0.3 is 0 Å². The molecule has 2 N–H and O–H groups in total. The van der Waals surface area contributed by atoms with Crippen molar-refractivity contribution >= 4 is 5.69 Å². The van der Waals surface area contributed by atoms with Gasteiger partial charge in [0.2, 0.25) is 0 Å². The van der Waals surface area contributed by atoms with Crippen LogP contribution in [0.3, 0.4) is 0 Å². The molecule has 1 heterocycles. The fraction of sp³-hybridized carbons (Fsp3) is 0.0625. The predicted molar refractivity (Wildman–Crippen MR) is 81.0 cm³/mol. The predicted octanol–water partition coefficient (Wildman–Crippen LogP) is 2.60. The largest absolute Gasteiger partial charge is 0.397 e. The molecule has 0 radical (unpaired) electrons. The van der Waals surface area contributed by atoms with Crippen molar-refractivity contribution in [1.82, 2.24) is 14.8 Å². The Morgan fingerprint density at radius 3 is 2.52 bits per heavy atom. The third-order valence-electron chi connectivity index (χ3n) is 3.38. The maximum Gasteiger partial charge on any atom is 0.164 e. The Morgan fingerprint density at radius 1 is 1.14 bits per heavy atom. The number of nitrogen functional groups attached to an aromatic ring is 1. The second-order valence-electron chi connectivity index (χ2n) is 4.69. The van der Waals surface area contributed by atoms with Crippen LogP contribution in [0.4, 0.5) is 5.69 Å². The average molecular weight is 275 g/mol. The van der Waals surface area contributed by atoms with E-state index < -0.39 is 0 Å². The topological polar surface area (TPSA) is 80.5 Å². The zero-order chi connectivity index (χ0) is 14.8. The monoisotopic (exact) mass is 275 g/mol. The molecule has 0 atom stereocenters. The number of anilines is 1. The summed E-state index contributed by atoms with van der Waals surface area (Å²) < 4.78 is 1.83. The summed E-state index contributed by atoms with van der Waals surface area (Å²) in [7, 11) is 1.87. The molecule has 0 bridgehead atoms. The molecule has 0 aliphatic carbocycles. The standard InChI is InChI=1S/C16H13N5/c1-21-10-19-20-16(21)13-8-7-12(9-17)15(18)14(13)11-5-3-2-4-6-11/h2-8,10H,18H2,1H3. The number of aromatic nitrogens is 3. The lowest BCUT2D eigenvalue weighted by atomic mass is 9.94. The van der Waals surface area contributed by atoms with Gasteiger partial charge in [-0.2, -0.15) is 5.26 Å². The van der Waals surface area contributed by atoms with Crippen molar-refractivity contribution in [2.45, 2.75) is 0 Å². The van der Waals surface area contributed by atoms with E-state index >= 15 is 0 Å². The van der Waals surface area contributed by atoms with Crippen molar-refractivity contribution < 1.29 is 0 Å². The minimum atomic E-state index is 0.458. The van der Waals surface area contributed by atoms with E-state index in [1.807, 2.05) is 48.0 Å². The fourth-order valence-corrected chi connectivity index (χ4v) is 2.35. The van der Waals surface area contributed by atoms with E-state index in [9.17, 15) is 5.26 Å². The second kappa shape index (κ2) is 5.10. The molecule has 0 saturated heterocycles. The number of benzene rings is 2. The van der Waals surface area contributed by atoms with E-state index in [0.717, 1.165) is 16.7 Å². The van der Waals surface area contributed by atoms with E-state index in [4.69, 9.17) is 5.73 Å². The number of nitrogens with zero attached hydrogens (tertiary/aromatic N) is 4. The molecule has 102 valence electrons. The number of aryl methyl sites for hydroxylation is 1. The van der Waals surface area contributed by atoms with Crippen molar-refractivity contribution in [3.05, 3.63) is 54.4 Å². The lowest BCUT2D eigenvalue weighted by Crippen LogP contribution is -2.00. The minimum Gasteiger partial charge on any atom is -0.397 e. The third kappa shape index (κ3) is 2.13. The first-order valence-corrected chi connectivity index (χ1v) is 6.44. The molecule has 3 rings (SSSR count). The molecule has 0 saturated carbocycles. The van der Waals surface area contributed by atoms with Crippen molar-refractivity contribution in [2.24, 2.45) is 7.05 Å². The molecule has 0 fully saturated rings. The van der Waals surface area contributed by atoms with Crippen molar-refractivity contribution in [2.75, 3.05) is 5.73 Å². The van der Waals surface area contributed by atoms with Crippen LogP contribution < -0.4 is 5.73 Å². The summed E-state index contributed by atoms with van der Waals surface area (Å²) >= 11 is 0. The Morgan fingerprint density at radius 2 is 1.90 bits per heavy atom. The van der Waals surface area contributed by atoms with E-state index in [-0.39, 0.29) is 0 Å². The number of nitrogens with two attached hydrogens (primary N) is 1. The van der Waals surface area contributed by atoms with E-state index in [0.29, 0.717) is 17.1 Å². The molecule has 0 spiro atoms. The van der Waals surface area contributed by atoms with Gasteiger partial charge in [0.15, 0.2) is 5.82 Å². The maximum atomic E-state index is 9.20. The molecule has 5 nitrogen and oxygen atoms in total. The molecule has 0 aliphatic rings. The lowest BCUT2D eigenvalue weighted by molar-refractivity contribution is 0.920. The molecule has 3 aromatic rings. The Kier molecular flexibility index (Phi) is 3.13. The number of rotatable bonds is 2. The average Bonchev–Trinajstić information content (AvgIpc) is 2.94. The maximum absolute atomic E-state index is 9.20. The molecular formula is C16H13N5. The van der Waals surface area contributed by atoms with Crippen molar-refractivity contribution in [3.8, 4) is 28.6 Å². The zero-order valence-electron chi connectivity index (χ0n) is 11.5. The normalized spacial score (nSPS) is 10.3. The summed E-state index contributed by atoms with van der Waals surface area (Å²) in [6.07, 6.45) is 1.64. The van der Waals surface area contributed by atoms with Crippen LogP contribution >= 0.6 is 0 Å². The van der Waals surface area contributed by atoms with Crippen LogP contribution in [-0.4, -0.2) is 14.8 Å². The summed E-state index contributed by atoms with van der Waals surface area (Å²) in [4.78, 5) is 0. The van der Waals surface area contributed by atoms with Gasteiger partial charge in [0.05, 0.1) is 11.3 Å². The summed E-state index contributed by atoms with van der Waals surface area (Å²) in [6.45, 7) is 0. The van der Waals surface area contributed by atoms with Gasteiger partial charge in [-0.1, -0.05) is 30.3 Å². The van der Waals surface area contributed by atoms with Gasteiger partial charge in [-0.05, 0) is 17.7 Å². The van der Waals surface area contributed by atoms with Gasteiger partial charge < -0.3 is 10.3 Å². The molecule has 0 aliphatic heterocycles. The Hall–Kier alpha value is -3.13. The number of hydrogen-bond donors (Lipinski definition) is 1. The van der Waals surface area contributed by atoms with Crippen LogP contribution in [0, 0.1) is 11.3 Å². The highest BCUT2D eigenvalue weighted by Crippen LogP contribution is 2.37. The first-order valence-electron chi connectivity index (χ1n) is 6.44. The Balaban J connectivity index is 2.34. The summed E-state index contributed by atoms with van der Waals surface area (Å²) in [5.74, 6) is 0.713. The molecule has 5 heteroatoms. The summed E-state index contributed by atoms with van der Waals surface area (Å²) in [5.41, 5.74) is 9.74. The quantitative estimate of drug-likeness (QED) is 0.729. The van der Waals surface area contributed by atoms with Crippen LogP contribution in [0.15, 0.2) is 48.8 Å². The van der Waals surface area contributed by atoms with Gasteiger partial charge in [-0.25, -0.2) is 0 Å². The van der Waals surface area contributed by atoms with Crippen LogP contribution in [0.1, 0.15) is 5.56 Å². The van der Waals surface area contributed by atoms with Gasteiger partial charge in [-0.15, -0.1) is 10.2 Å². The molecule has 0 unspecified atom stereocenters.